The second-order valence-corrected chi connectivity index (χ2v) is 8.55. The molecule has 0 saturated carbocycles. The first-order chi connectivity index (χ1) is 14.7. The fourth-order valence-electron chi connectivity index (χ4n) is 3.85. The zero-order valence-corrected chi connectivity index (χ0v) is 18.2. The molecule has 5 nitrogen and oxygen atoms in total. The Kier molecular flexibility index (Phi) is 6.43. The molecule has 3 aromatic rings. The Morgan fingerprint density at radius 2 is 1.90 bits per heavy atom. The van der Waals surface area contributed by atoms with Crippen molar-refractivity contribution >= 4 is 28.9 Å². The molecule has 2 heterocycles. The maximum atomic E-state index is 12.1. The van der Waals surface area contributed by atoms with Gasteiger partial charge in [-0.25, -0.2) is 4.79 Å². The molecule has 1 aromatic heterocycles. The Labute approximate surface area is 182 Å². The van der Waals surface area contributed by atoms with Crippen molar-refractivity contribution in [1.29, 1.82) is 0 Å². The molecule has 156 valence electrons. The van der Waals surface area contributed by atoms with Crippen LogP contribution in [0.5, 0.6) is 5.75 Å². The summed E-state index contributed by atoms with van der Waals surface area (Å²) in [7, 11) is 0. The van der Waals surface area contributed by atoms with Crippen molar-refractivity contribution in [1.82, 2.24) is 14.6 Å². The summed E-state index contributed by atoms with van der Waals surface area (Å²) in [6, 6.07) is 16.5. The zero-order chi connectivity index (χ0) is 20.9. The van der Waals surface area contributed by atoms with Crippen LogP contribution in [0.4, 0.5) is 4.79 Å². The van der Waals surface area contributed by atoms with E-state index in [1.165, 1.54) is 22.9 Å². The van der Waals surface area contributed by atoms with Gasteiger partial charge in [0.25, 0.3) is 0 Å². The molecule has 0 radical (unpaired) electrons. The fraction of sp³-hybridized carbons (Fsp3) is 0.333. The Morgan fingerprint density at radius 1 is 1.17 bits per heavy atom. The Hall–Kier alpha value is -2.73. The number of aromatic nitrogens is 1. The van der Waals surface area contributed by atoms with Crippen molar-refractivity contribution < 1.29 is 9.53 Å². The number of rotatable bonds is 5. The summed E-state index contributed by atoms with van der Waals surface area (Å²) in [5.41, 5.74) is 4.54. The standard InChI is InChI=1S/C24H27N3O2S/c1-3-30-26-24(28)27-14-12-20(13-15-27)29-19-10-8-18(9-11-19)22-16-25-23-7-5-4-6-21(23)17(22)2/h4-11,16,20H,3,12-15H2,1-2H3,(H,26,28). The fourth-order valence-corrected chi connectivity index (χ4v) is 4.25. The van der Waals surface area contributed by atoms with Crippen molar-refractivity contribution in [3.63, 3.8) is 0 Å². The Morgan fingerprint density at radius 3 is 2.63 bits per heavy atom. The molecule has 1 fully saturated rings. The highest BCUT2D eigenvalue weighted by Gasteiger charge is 2.23. The molecule has 0 bridgehead atoms. The number of ether oxygens (including phenoxy) is 1. The number of hydrogen-bond acceptors (Lipinski definition) is 4. The number of likely N-dealkylation sites (tertiary alicyclic amines) is 1. The van der Waals surface area contributed by atoms with Crippen LogP contribution >= 0.6 is 11.9 Å². The van der Waals surface area contributed by atoms with Crippen LogP contribution in [0.3, 0.4) is 0 Å². The Balaban J connectivity index is 1.38. The number of urea groups is 1. The summed E-state index contributed by atoms with van der Waals surface area (Å²) >= 11 is 1.44. The highest BCUT2D eigenvalue weighted by Crippen LogP contribution is 2.30. The molecular weight excluding hydrogens is 394 g/mol. The number of benzene rings is 2. The molecule has 2 aromatic carbocycles. The number of nitrogens with one attached hydrogen (secondary N) is 1. The van der Waals surface area contributed by atoms with Gasteiger partial charge in [-0.05, 0) is 48.2 Å². The second-order valence-electron chi connectivity index (χ2n) is 7.48. The van der Waals surface area contributed by atoms with Crippen molar-refractivity contribution in [2.45, 2.75) is 32.8 Å². The number of pyridine rings is 1. The van der Waals surface area contributed by atoms with Crippen LogP contribution < -0.4 is 9.46 Å². The summed E-state index contributed by atoms with van der Waals surface area (Å²) in [6.45, 7) is 5.61. The van der Waals surface area contributed by atoms with Crippen LogP contribution in [0.15, 0.2) is 54.7 Å². The third-order valence-electron chi connectivity index (χ3n) is 5.55. The molecule has 0 unspecified atom stereocenters. The van der Waals surface area contributed by atoms with E-state index < -0.39 is 0 Å². The van der Waals surface area contributed by atoms with Crippen molar-refractivity contribution in [3.05, 3.63) is 60.3 Å². The average Bonchev–Trinajstić information content (AvgIpc) is 2.79. The minimum Gasteiger partial charge on any atom is -0.490 e. The minimum absolute atomic E-state index is 0.00372. The molecule has 1 aliphatic heterocycles. The van der Waals surface area contributed by atoms with E-state index >= 15 is 0 Å². The number of hydrogen-bond donors (Lipinski definition) is 1. The summed E-state index contributed by atoms with van der Waals surface area (Å²) in [4.78, 5) is 18.5. The first-order valence-corrected chi connectivity index (χ1v) is 11.4. The van der Waals surface area contributed by atoms with Gasteiger partial charge in [0.15, 0.2) is 0 Å². The van der Waals surface area contributed by atoms with Crippen LogP contribution in [0.1, 0.15) is 25.3 Å². The largest absolute Gasteiger partial charge is 0.490 e. The predicted octanol–water partition coefficient (Wildman–Crippen LogP) is 5.43. The topological polar surface area (TPSA) is 54.5 Å². The monoisotopic (exact) mass is 421 g/mol. The number of aryl methyl sites for hydroxylation is 1. The highest BCUT2D eigenvalue weighted by molar-refractivity contribution is 7.97. The third-order valence-corrected chi connectivity index (χ3v) is 6.15. The SMILES string of the molecule is CCSNC(=O)N1CCC(Oc2ccc(-c3cnc4ccccc4c3C)cc2)CC1. The van der Waals surface area contributed by atoms with Gasteiger partial charge in [0.2, 0.25) is 0 Å². The van der Waals surface area contributed by atoms with E-state index in [1.807, 2.05) is 42.3 Å². The molecule has 1 saturated heterocycles. The van der Waals surface area contributed by atoms with Crippen LogP contribution in [-0.2, 0) is 0 Å². The van der Waals surface area contributed by atoms with Gasteiger partial charge in [0.05, 0.1) is 5.52 Å². The first kappa shape index (κ1) is 20.5. The van der Waals surface area contributed by atoms with Gasteiger partial charge in [0, 0.05) is 48.8 Å². The van der Waals surface area contributed by atoms with Crippen LogP contribution in [0, 0.1) is 6.92 Å². The van der Waals surface area contributed by atoms with Gasteiger partial charge in [-0.15, -0.1) is 0 Å². The van der Waals surface area contributed by atoms with Gasteiger partial charge in [-0.1, -0.05) is 37.3 Å². The number of amides is 2. The third kappa shape index (κ3) is 4.54. The number of nitrogens with zero attached hydrogens (tertiary/aromatic N) is 2. The van der Waals surface area contributed by atoms with Crippen molar-refractivity contribution in [3.8, 4) is 16.9 Å². The smallest absolute Gasteiger partial charge is 0.327 e. The number of piperidine rings is 1. The van der Waals surface area contributed by atoms with E-state index in [4.69, 9.17) is 4.74 Å². The first-order valence-electron chi connectivity index (χ1n) is 10.4. The number of carbonyl (C=O) groups is 1. The van der Waals surface area contributed by atoms with E-state index in [2.05, 4.69) is 40.9 Å². The summed E-state index contributed by atoms with van der Waals surface area (Å²) < 4.78 is 9.04. The van der Waals surface area contributed by atoms with E-state index in [1.54, 1.807) is 0 Å². The maximum absolute atomic E-state index is 12.1. The lowest BCUT2D eigenvalue weighted by atomic mass is 9.99. The van der Waals surface area contributed by atoms with Gasteiger partial charge in [-0.3, -0.25) is 9.71 Å². The van der Waals surface area contributed by atoms with E-state index in [0.717, 1.165) is 54.1 Å². The van der Waals surface area contributed by atoms with E-state index in [-0.39, 0.29) is 12.1 Å². The van der Waals surface area contributed by atoms with Crippen LogP contribution in [0.2, 0.25) is 0 Å². The van der Waals surface area contributed by atoms with Crippen molar-refractivity contribution in [2.24, 2.45) is 0 Å². The van der Waals surface area contributed by atoms with Crippen molar-refractivity contribution in [2.75, 3.05) is 18.8 Å². The quantitative estimate of drug-likeness (QED) is 0.558. The summed E-state index contributed by atoms with van der Waals surface area (Å²) in [6.07, 6.45) is 3.78. The zero-order valence-electron chi connectivity index (χ0n) is 17.4. The average molecular weight is 422 g/mol. The number of fused-ring (bicyclic) bond motifs is 1. The molecule has 1 aliphatic rings. The normalized spacial score (nSPS) is 14.7. The van der Waals surface area contributed by atoms with Gasteiger partial charge >= 0.3 is 6.03 Å². The molecule has 0 aliphatic carbocycles. The van der Waals surface area contributed by atoms with E-state index in [9.17, 15) is 4.79 Å². The van der Waals surface area contributed by atoms with Crippen LogP contribution in [0.25, 0.3) is 22.0 Å². The minimum atomic E-state index is 0.00372. The molecular formula is C24H27N3O2S. The van der Waals surface area contributed by atoms with Crippen LogP contribution in [-0.4, -0.2) is 40.9 Å². The van der Waals surface area contributed by atoms with Gasteiger partial charge in [-0.2, -0.15) is 0 Å². The molecule has 2 amide bonds. The maximum Gasteiger partial charge on any atom is 0.327 e. The lowest BCUT2D eigenvalue weighted by Gasteiger charge is -2.32. The Bertz CT molecular complexity index is 1010. The number of carbonyl (C=O) groups excluding carboxylic acids is 1. The van der Waals surface area contributed by atoms with Gasteiger partial charge in [0.1, 0.15) is 11.9 Å². The predicted molar refractivity (Wildman–Crippen MR) is 124 cm³/mol. The molecule has 0 spiro atoms. The lowest BCUT2D eigenvalue weighted by molar-refractivity contribution is 0.113. The molecule has 0 atom stereocenters. The molecule has 1 N–H and O–H groups in total. The molecule has 6 heteroatoms. The number of para-hydroxylation sites is 1. The highest BCUT2D eigenvalue weighted by atomic mass is 32.2. The molecule has 30 heavy (non-hydrogen) atoms. The van der Waals surface area contributed by atoms with E-state index in [0.29, 0.717) is 0 Å². The summed E-state index contributed by atoms with van der Waals surface area (Å²) in [5.74, 6) is 1.74. The lowest BCUT2D eigenvalue weighted by Crippen LogP contribution is -2.44. The molecule has 4 rings (SSSR count). The second kappa shape index (κ2) is 9.39. The van der Waals surface area contributed by atoms with Gasteiger partial charge < -0.3 is 9.64 Å². The summed E-state index contributed by atoms with van der Waals surface area (Å²) in [5, 5.41) is 1.18.